The van der Waals surface area contributed by atoms with Crippen LogP contribution >= 0.6 is 23.2 Å². The number of aromatic amines is 1. The quantitative estimate of drug-likeness (QED) is 0.292. The van der Waals surface area contributed by atoms with E-state index in [1.807, 2.05) is 24.3 Å². The summed E-state index contributed by atoms with van der Waals surface area (Å²) >= 11 is 12.2. The van der Waals surface area contributed by atoms with E-state index in [-0.39, 0.29) is 25.2 Å². The molecule has 0 saturated heterocycles. The first-order chi connectivity index (χ1) is 15.9. The van der Waals surface area contributed by atoms with Crippen LogP contribution in [0.3, 0.4) is 0 Å². The van der Waals surface area contributed by atoms with Crippen molar-refractivity contribution in [1.29, 1.82) is 0 Å². The van der Waals surface area contributed by atoms with Crippen LogP contribution in [-0.2, 0) is 22.7 Å². The van der Waals surface area contributed by atoms with Crippen LogP contribution < -0.4 is 9.47 Å². The van der Waals surface area contributed by atoms with E-state index < -0.39 is 6.16 Å². The molecular formula is C24H22Cl2N2O5. The van der Waals surface area contributed by atoms with E-state index in [2.05, 4.69) is 9.97 Å². The van der Waals surface area contributed by atoms with Gasteiger partial charge in [-0.2, -0.15) is 0 Å². The fourth-order valence-electron chi connectivity index (χ4n) is 3.47. The maximum atomic E-state index is 12.1. The Bertz CT molecular complexity index is 1320. The van der Waals surface area contributed by atoms with Crippen LogP contribution in [0.15, 0.2) is 42.6 Å². The van der Waals surface area contributed by atoms with E-state index in [0.717, 1.165) is 27.4 Å². The molecular weight excluding hydrogens is 467 g/mol. The van der Waals surface area contributed by atoms with Crippen LogP contribution in [-0.4, -0.2) is 29.3 Å². The minimum atomic E-state index is -0.821. The molecule has 0 atom stereocenters. The summed E-state index contributed by atoms with van der Waals surface area (Å²) in [4.78, 5) is 19.7. The Balaban J connectivity index is 1.70. The van der Waals surface area contributed by atoms with Crippen LogP contribution in [0.1, 0.15) is 25.0 Å². The number of hydrogen-bond donors (Lipinski definition) is 1. The fourth-order valence-corrected chi connectivity index (χ4v) is 3.94. The van der Waals surface area contributed by atoms with Gasteiger partial charge in [-0.15, -0.1) is 0 Å². The van der Waals surface area contributed by atoms with Crippen LogP contribution in [0.4, 0.5) is 4.79 Å². The van der Waals surface area contributed by atoms with E-state index in [4.69, 9.17) is 42.1 Å². The van der Waals surface area contributed by atoms with Gasteiger partial charge in [0.2, 0.25) is 5.88 Å². The van der Waals surface area contributed by atoms with E-state index >= 15 is 0 Å². The van der Waals surface area contributed by atoms with E-state index in [1.165, 1.54) is 0 Å². The monoisotopic (exact) mass is 488 g/mol. The first kappa shape index (κ1) is 23.2. The number of fused-ring (bicyclic) bond motifs is 3. The molecule has 0 bridgehead atoms. The molecule has 0 aliphatic carbocycles. The van der Waals surface area contributed by atoms with Gasteiger partial charge in [0.25, 0.3) is 0 Å². The highest BCUT2D eigenvalue weighted by Crippen LogP contribution is 2.35. The molecule has 2 aromatic carbocycles. The summed E-state index contributed by atoms with van der Waals surface area (Å²) in [6.07, 6.45) is 0.479. The number of H-pyrrole nitrogens is 1. The molecule has 0 unspecified atom stereocenters. The number of rotatable bonds is 7. The molecule has 9 heteroatoms. The van der Waals surface area contributed by atoms with Crippen molar-refractivity contribution >= 4 is 51.2 Å². The molecule has 2 aromatic heterocycles. The lowest BCUT2D eigenvalue weighted by atomic mass is 10.1. The maximum absolute atomic E-state index is 12.1. The molecule has 0 aliphatic heterocycles. The minimum Gasteiger partial charge on any atom is -0.489 e. The molecule has 0 saturated carbocycles. The Kier molecular flexibility index (Phi) is 6.93. The first-order valence-electron chi connectivity index (χ1n) is 10.2. The summed E-state index contributed by atoms with van der Waals surface area (Å²) in [5.74, 6) is 0.784. The molecule has 1 N–H and O–H groups in total. The van der Waals surface area contributed by atoms with Crippen LogP contribution in [0.25, 0.3) is 21.8 Å². The van der Waals surface area contributed by atoms with Crippen molar-refractivity contribution in [1.82, 2.24) is 9.97 Å². The molecule has 7 nitrogen and oxygen atoms in total. The zero-order chi connectivity index (χ0) is 23.5. The van der Waals surface area contributed by atoms with Crippen molar-refractivity contribution in [2.45, 2.75) is 33.2 Å². The zero-order valence-electron chi connectivity index (χ0n) is 18.3. The number of nitrogens with one attached hydrogen (secondary N) is 1. The molecule has 4 aromatic rings. The first-order valence-corrected chi connectivity index (χ1v) is 11.0. The molecule has 2 heterocycles. The summed E-state index contributed by atoms with van der Waals surface area (Å²) in [7, 11) is 1.56. The Morgan fingerprint density at radius 1 is 1.09 bits per heavy atom. The molecule has 172 valence electrons. The van der Waals surface area contributed by atoms with Gasteiger partial charge in [-0.1, -0.05) is 29.3 Å². The molecule has 0 fully saturated rings. The number of pyridine rings is 1. The van der Waals surface area contributed by atoms with E-state index in [0.29, 0.717) is 21.4 Å². The van der Waals surface area contributed by atoms with Gasteiger partial charge in [-0.3, -0.25) is 0 Å². The second kappa shape index (κ2) is 9.87. The van der Waals surface area contributed by atoms with Crippen LogP contribution in [0.2, 0.25) is 10.0 Å². The minimum absolute atomic E-state index is 0.134. The van der Waals surface area contributed by atoms with Crippen molar-refractivity contribution in [3.63, 3.8) is 0 Å². The highest BCUT2D eigenvalue weighted by molar-refractivity contribution is 6.35. The third-order valence-corrected chi connectivity index (χ3v) is 5.47. The zero-order valence-corrected chi connectivity index (χ0v) is 19.8. The Hall–Kier alpha value is -3.00. The number of ether oxygens (including phenoxy) is 4. The molecule has 0 spiro atoms. The van der Waals surface area contributed by atoms with Crippen molar-refractivity contribution in [2.24, 2.45) is 0 Å². The number of halogens is 2. The Labute approximate surface area is 200 Å². The van der Waals surface area contributed by atoms with Gasteiger partial charge >= 0.3 is 6.16 Å². The van der Waals surface area contributed by atoms with Gasteiger partial charge in [-0.05, 0) is 44.2 Å². The Morgan fingerprint density at radius 3 is 2.64 bits per heavy atom. The number of benzene rings is 2. The summed E-state index contributed by atoms with van der Waals surface area (Å²) in [5.41, 5.74) is 3.10. The standard InChI is InChI=1S/C24H22Cl2N2O5/c1-13(2)32-24(29)33-23-18(12-30-3)22-17-9-16(6-7-20(17)28-21(22)10-27-23)31-11-14-4-5-15(25)8-19(14)26/h4-10,13,28H,11-12H2,1-3H3. The third-order valence-electron chi connectivity index (χ3n) is 4.88. The van der Waals surface area contributed by atoms with E-state index in [9.17, 15) is 4.79 Å². The SMILES string of the molecule is COCc1c(OC(=O)OC(C)C)ncc2[nH]c3ccc(OCc4ccc(Cl)cc4Cl)cc3c12. The lowest BCUT2D eigenvalue weighted by Gasteiger charge is -2.12. The number of carbonyl (C=O) groups is 1. The molecule has 0 amide bonds. The summed E-state index contributed by atoms with van der Waals surface area (Å²) in [6, 6.07) is 11.0. The van der Waals surface area contributed by atoms with Gasteiger partial charge in [-0.25, -0.2) is 9.78 Å². The number of hydrogen-bond acceptors (Lipinski definition) is 6. The second-order valence-corrected chi connectivity index (χ2v) is 8.48. The van der Waals surface area contributed by atoms with Crippen molar-refractivity contribution in [3.8, 4) is 11.6 Å². The van der Waals surface area contributed by atoms with Crippen LogP contribution in [0.5, 0.6) is 11.6 Å². The number of carbonyl (C=O) groups excluding carboxylic acids is 1. The van der Waals surface area contributed by atoms with E-state index in [1.54, 1.807) is 39.3 Å². The molecule has 0 aliphatic rings. The van der Waals surface area contributed by atoms with Gasteiger partial charge < -0.3 is 23.9 Å². The molecule has 0 radical (unpaired) electrons. The van der Waals surface area contributed by atoms with Gasteiger partial charge in [0, 0.05) is 39.0 Å². The lowest BCUT2D eigenvalue weighted by Crippen LogP contribution is -2.17. The highest BCUT2D eigenvalue weighted by Gasteiger charge is 2.19. The summed E-state index contributed by atoms with van der Waals surface area (Å²) < 4.78 is 21.8. The number of aromatic nitrogens is 2. The predicted molar refractivity (Wildman–Crippen MR) is 127 cm³/mol. The lowest BCUT2D eigenvalue weighted by molar-refractivity contribution is 0.0705. The third kappa shape index (κ3) is 5.16. The smallest absolute Gasteiger partial charge is 0.489 e. The number of methoxy groups -OCH3 is 1. The largest absolute Gasteiger partial charge is 0.515 e. The number of nitrogens with zero attached hydrogens (tertiary/aromatic N) is 1. The Morgan fingerprint density at radius 2 is 1.91 bits per heavy atom. The molecule has 33 heavy (non-hydrogen) atoms. The van der Waals surface area contributed by atoms with Crippen LogP contribution in [0, 0.1) is 0 Å². The van der Waals surface area contributed by atoms with Gasteiger partial charge in [0.15, 0.2) is 0 Å². The van der Waals surface area contributed by atoms with Gasteiger partial charge in [0.1, 0.15) is 12.4 Å². The average molecular weight is 489 g/mol. The van der Waals surface area contributed by atoms with Gasteiger partial charge in [0.05, 0.1) is 30.0 Å². The fraction of sp³-hybridized carbons (Fsp3) is 0.250. The average Bonchev–Trinajstić information content (AvgIpc) is 3.12. The normalized spacial score (nSPS) is 11.3. The molecule has 4 rings (SSSR count). The predicted octanol–water partition coefficient (Wildman–Crippen LogP) is 6.67. The summed E-state index contributed by atoms with van der Waals surface area (Å²) in [6.45, 7) is 3.96. The maximum Gasteiger partial charge on any atom is 0.515 e. The summed E-state index contributed by atoms with van der Waals surface area (Å²) in [5, 5.41) is 2.81. The van der Waals surface area contributed by atoms with Crippen molar-refractivity contribution in [3.05, 3.63) is 63.8 Å². The van der Waals surface area contributed by atoms with Crippen molar-refractivity contribution < 1.29 is 23.7 Å². The topological polar surface area (TPSA) is 82.7 Å². The van der Waals surface area contributed by atoms with Crippen molar-refractivity contribution in [2.75, 3.05) is 7.11 Å². The highest BCUT2D eigenvalue weighted by atomic mass is 35.5. The second-order valence-electron chi connectivity index (χ2n) is 7.64.